The van der Waals surface area contributed by atoms with Gasteiger partial charge in [-0.3, -0.25) is 9.59 Å². The summed E-state index contributed by atoms with van der Waals surface area (Å²) in [7, 11) is 1.63. The lowest BCUT2D eigenvalue weighted by molar-refractivity contribution is -0.133. The minimum atomic E-state index is -0.309. The van der Waals surface area contributed by atoms with E-state index in [1.807, 2.05) is 31.4 Å². The summed E-state index contributed by atoms with van der Waals surface area (Å²) in [5.74, 6) is 1.41. The van der Waals surface area contributed by atoms with Gasteiger partial charge in [-0.1, -0.05) is 17.8 Å². The summed E-state index contributed by atoms with van der Waals surface area (Å²) in [5, 5.41) is 12.1. The predicted molar refractivity (Wildman–Crippen MR) is 98.5 cm³/mol. The Balaban J connectivity index is 1.89. The topological polar surface area (TPSA) is 80.1 Å². The summed E-state index contributed by atoms with van der Waals surface area (Å²) in [6.07, 6.45) is 4.10. The SMILES string of the molecule is C=CCn1c(SCC(=O)N(C)CC(=O)NC(C)(C)C)nnc1C1CC1. The molecule has 1 aromatic rings. The second kappa shape index (κ2) is 8.03. The lowest BCUT2D eigenvalue weighted by atomic mass is 10.1. The lowest BCUT2D eigenvalue weighted by Crippen LogP contribution is -2.46. The minimum absolute atomic E-state index is 0.0450. The maximum absolute atomic E-state index is 12.3. The molecule has 1 saturated carbocycles. The normalized spacial score (nSPS) is 14.2. The van der Waals surface area contributed by atoms with E-state index in [2.05, 4.69) is 22.1 Å². The molecule has 1 fully saturated rings. The van der Waals surface area contributed by atoms with Gasteiger partial charge in [0.2, 0.25) is 11.8 Å². The van der Waals surface area contributed by atoms with Crippen molar-refractivity contribution in [3.8, 4) is 0 Å². The van der Waals surface area contributed by atoms with E-state index >= 15 is 0 Å². The van der Waals surface area contributed by atoms with Crippen LogP contribution in [0, 0.1) is 0 Å². The van der Waals surface area contributed by atoms with Crippen LogP contribution in [0.25, 0.3) is 0 Å². The second-order valence-corrected chi connectivity index (χ2v) is 8.29. The molecule has 0 aromatic carbocycles. The van der Waals surface area contributed by atoms with Crippen molar-refractivity contribution in [3.63, 3.8) is 0 Å². The van der Waals surface area contributed by atoms with E-state index in [0.29, 0.717) is 12.5 Å². The van der Waals surface area contributed by atoms with E-state index in [1.54, 1.807) is 7.05 Å². The van der Waals surface area contributed by atoms with Crippen molar-refractivity contribution in [3.05, 3.63) is 18.5 Å². The third-order valence-corrected chi connectivity index (χ3v) is 4.60. The van der Waals surface area contributed by atoms with Crippen molar-refractivity contribution in [1.29, 1.82) is 0 Å². The Kier molecular flexibility index (Phi) is 6.26. The van der Waals surface area contributed by atoms with Crippen LogP contribution in [0.4, 0.5) is 0 Å². The second-order valence-electron chi connectivity index (χ2n) is 7.35. The van der Waals surface area contributed by atoms with E-state index in [-0.39, 0.29) is 29.7 Å². The minimum Gasteiger partial charge on any atom is -0.350 e. The van der Waals surface area contributed by atoms with E-state index in [0.717, 1.165) is 23.8 Å². The highest BCUT2D eigenvalue weighted by Gasteiger charge is 2.30. The van der Waals surface area contributed by atoms with Crippen LogP contribution in [-0.2, 0) is 16.1 Å². The monoisotopic (exact) mass is 365 g/mol. The van der Waals surface area contributed by atoms with Gasteiger partial charge in [-0.25, -0.2) is 0 Å². The first-order valence-electron chi connectivity index (χ1n) is 8.43. The van der Waals surface area contributed by atoms with Crippen LogP contribution < -0.4 is 5.32 Å². The number of rotatable bonds is 8. The molecule has 1 aliphatic rings. The Morgan fingerprint density at radius 1 is 1.40 bits per heavy atom. The molecule has 1 heterocycles. The van der Waals surface area contributed by atoms with Crippen LogP contribution in [0.15, 0.2) is 17.8 Å². The van der Waals surface area contributed by atoms with Crippen molar-refractivity contribution < 1.29 is 9.59 Å². The molecule has 2 rings (SSSR count). The van der Waals surface area contributed by atoms with Crippen LogP contribution in [0.5, 0.6) is 0 Å². The van der Waals surface area contributed by atoms with Gasteiger partial charge in [-0.2, -0.15) is 0 Å². The zero-order valence-electron chi connectivity index (χ0n) is 15.4. The van der Waals surface area contributed by atoms with E-state index in [1.165, 1.54) is 16.7 Å². The highest BCUT2D eigenvalue weighted by Crippen LogP contribution is 2.40. The number of carbonyl (C=O) groups excluding carboxylic acids is 2. The standard InChI is InChI=1S/C17H27N5O2S/c1-6-9-22-15(12-7-8-12)19-20-16(22)25-11-14(24)21(5)10-13(23)18-17(2,3)4/h6,12H,1,7-11H2,2-5H3,(H,18,23). The van der Waals surface area contributed by atoms with Gasteiger partial charge < -0.3 is 14.8 Å². The fourth-order valence-corrected chi connectivity index (χ4v) is 3.24. The van der Waals surface area contributed by atoms with Crippen molar-refractivity contribution in [2.75, 3.05) is 19.3 Å². The number of amides is 2. The highest BCUT2D eigenvalue weighted by atomic mass is 32.2. The molecule has 0 bridgehead atoms. The van der Waals surface area contributed by atoms with Crippen LogP contribution in [0.2, 0.25) is 0 Å². The first-order valence-corrected chi connectivity index (χ1v) is 9.41. The highest BCUT2D eigenvalue weighted by molar-refractivity contribution is 7.99. The number of nitrogens with zero attached hydrogens (tertiary/aromatic N) is 4. The van der Waals surface area contributed by atoms with Gasteiger partial charge in [-0.05, 0) is 33.6 Å². The number of aromatic nitrogens is 3. The quantitative estimate of drug-likeness (QED) is 0.561. The van der Waals surface area contributed by atoms with E-state index < -0.39 is 0 Å². The third-order valence-electron chi connectivity index (χ3n) is 3.65. The summed E-state index contributed by atoms with van der Waals surface area (Å²) < 4.78 is 2.02. The zero-order chi connectivity index (χ0) is 18.6. The van der Waals surface area contributed by atoms with Crippen LogP contribution >= 0.6 is 11.8 Å². The molecule has 0 unspecified atom stereocenters. The van der Waals surface area contributed by atoms with Crippen LogP contribution in [0.1, 0.15) is 45.4 Å². The largest absolute Gasteiger partial charge is 0.350 e. The average molecular weight is 366 g/mol. The number of likely N-dealkylation sites (N-methyl/N-ethyl adjacent to an activating group) is 1. The van der Waals surface area contributed by atoms with Crippen molar-refractivity contribution in [1.82, 2.24) is 25.0 Å². The third kappa shape index (κ3) is 5.88. The zero-order valence-corrected chi connectivity index (χ0v) is 16.2. The Bertz CT molecular complexity index is 646. The van der Waals surface area contributed by atoms with Gasteiger partial charge in [0, 0.05) is 25.0 Å². The molecule has 8 heteroatoms. The van der Waals surface area contributed by atoms with Gasteiger partial charge in [0.15, 0.2) is 5.16 Å². The Morgan fingerprint density at radius 2 is 2.08 bits per heavy atom. The molecule has 138 valence electrons. The Labute approximate surface area is 153 Å². The van der Waals surface area contributed by atoms with Gasteiger partial charge >= 0.3 is 0 Å². The number of allylic oxidation sites excluding steroid dienone is 1. The molecule has 7 nitrogen and oxygen atoms in total. The van der Waals surface area contributed by atoms with Gasteiger partial charge in [0.25, 0.3) is 0 Å². The van der Waals surface area contributed by atoms with Gasteiger partial charge in [-0.15, -0.1) is 16.8 Å². The molecule has 0 radical (unpaired) electrons. The van der Waals surface area contributed by atoms with Crippen molar-refractivity contribution >= 4 is 23.6 Å². The summed E-state index contributed by atoms with van der Waals surface area (Å²) in [4.78, 5) is 25.6. The molecule has 0 spiro atoms. The molecular formula is C17H27N5O2S. The van der Waals surface area contributed by atoms with E-state index in [9.17, 15) is 9.59 Å². The van der Waals surface area contributed by atoms with E-state index in [4.69, 9.17) is 0 Å². The Hall–Kier alpha value is -1.83. The lowest BCUT2D eigenvalue weighted by Gasteiger charge is -2.23. The molecule has 25 heavy (non-hydrogen) atoms. The molecule has 1 aromatic heterocycles. The fourth-order valence-electron chi connectivity index (χ4n) is 2.35. The van der Waals surface area contributed by atoms with Crippen molar-refractivity contribution in [2.24, 2.45) is 0 Å². The number of hydrogen-bond donors (Lipinski definition) is 1. The Morgan fingerprint density at radius 3 is 2.64 bits per heavy atom. The predicted octanol–water partition coefficient (Wildman–Crippen LogP) is 1.81. The number of hydrogen-bond acceptors (Lipinski definition) is 5. The molecule has 2 amide bonds. The summed E-state index contributed by atoms with van der Waals surface area (Å²) in [6, 6.07) is 0. The molecule has 0 aliphatic heterocycles. The number of carbonyl (C=O) groups is 2. The molecule has 0 atom stereocenters. The average Bonchev–Trinajstić information content (AvgIpc) is 3.26. The fraction of sp³-hybridized carbons (Fsp3) is 0.647. The first-order chi connectivity index (χ1) is 11.7. The molecule has 0 saturated heterocycles. The maximum Gasteiger partial charge on any atom is 0.240 e. The van der Waals surface area contributed by atoms with Gasteiger partial charge in [0.05, 0.1) is 12.3 Å². The molecule has 1 N–H and O–H groups in total. The summed E-state index contributed by atoms with van der Waals surface area (Å²) >= 11 is 1.35. The first kappa shape index (κ1) is 19.5. The summed E-state index contributed by atoms with van der Waals surface area (Å²) in [5.41, 5.74) is -0.309. The van der Waals surface area contributed by atoms with Crippen molar-refractivity contribution in [2.45, 2.75) is 56.8 Å². The van der Waals surface area contributed by atoms with Crippen LogP contribution in [-0.4, -0.2) is 56.4 Å². The van der Waals surface area contributed by atoms with Gasteiger partial charge in [0.1, 0.15) is 5.82 Å². The molecular weight excluding hydrogens is 338 g/mol. The van der Waals surface area contributed by atoms with Crippen LogP contribution in [0.3, 0.4) is 0 Å². The maximum atomic E-state index is 12.3. The number of thioether (sulfide) groups is 1. The number of nitrogens with one attached hydrogen (secondary N) is 1. The smallest absolute Gasteiger partial charge is 0.240 e. The summed E-state index contributed by atoms with van der Waals surface area (Å²) in [6.45, 7) is 10.2. The molecule has 1 aliphatic carbocycles.